The molecule has 2 rings (SSSR count). The van der Waals surface area contributed by atoms with Gasteiger partial charge < -0.3 is 15.0 Å². The van der Waals surface area contributed by atoms with Crippen molar-refractivity contribution in [2.24, 2.45) is 0 Å². The van der Waals surface area contributed by atoms with Crippen LogP contribution in [0, 0.1) is 0 Å². The summed E-state index contributed by atoms with van der Waals surface area (Å²) >= 11 is 0. The van der Waals surface area contributed by atoms with Gasteiger partial charge in [-0.1, -0.05) is 12.1 Å². The van der Waals surface area contributed by atoms with Crippen LogP contribution in [0.3, 0.4) is 0 Å². The van der Waals surface area contributed by atoms with Crippen LogP contribution >= 0.6 is 0 Å². The third kappa shape index (κ3) is 5.57. The quantitative estimate of drug-likeness (QED) is 0.769. The molecule has 0 radical (unpaired) electrons. The standard InChI is InChI=1S/C19H25N3O2/c1-3-24-18-7-5-4-6-17(18)21-14-10-19(23)22(2)15-11-16-8-12-20-13-9-16/h4-9,12-13,21H,3,10-11,14-15H2,1-2H3. The molecule has 0 saturated carbocycles. The second-order valence-electron chi connectivity index (χ2n) is 5.53. The van der Waals surface area contributed by atoms with Gasteiger partial charge in [-0.25, -0.2) is 0 Å². The van der Waals surface area contributed by atoms with Crippen molar-refractivity contribution in [2.75, 3.05) is 32.1 Å². The number of anilines is 1. The van der Waals surface area contributed by atoms with E-state index in [1.54, 1.807) is 17.3 Å². The molecule has 128 valence electrons. The van der Waals surface area contributed by atoms with E-state index in [1.165, 1.54) is 5.56 Å². The average Bonchev–Trinajstić information content (AvgIpc) is 2.62. The van der Waals surface area contributed by atoms with Gasteiger partial charge in [0.15, 0.2) is 0 Å². The maximum Gasteiger partial charge on any atom is 0.224 e. The normalized spacial score (nSPS) is 10.2. The van der Waals surface area contributed by atoms with Crippen LogP contribution in [0.15, 0.2) is 48.8 Å². The third-order valence-corrected chi connectivity index (χ3v) is 3.75. The number of aromatic nitrogens is 1. The van der Waals surface area contributed by atoms with Gasteiger partial charge in [-0.2, -0.15) is 0 Å². The highest BCUT2D eigenvalue weighted by Gasteiger charge is 2.09. The maximum atomic E-state index is 12.2. The van der Waals surface area contributed by atoms with Gasteiger partial charge in [0.1, 0.15) is 5.75 Å². The molecule has 1 amide bonds. The summed E-state index contributed by atoms with van der Waals surface area (Å²) in [6, 6.07) is 11.7. The van der Waals surface area contributed by atoms with Gasteiger partial charge >= 0.3 is 0 Å². The Morgan fingerprint density at radius 1 is 1.21 bits per heavy atom. The molecule has 1 aromatic carbocycles. The number of amides is 1. The van der Waals surface area contributed by atoms with Gasteiger partial charge in [0.05, 0.1) is 12.3 Å². The van der Waals surface area contributed by atoms with E-state index in [9.17, 15) is 4.79 Å². The number of pyridine rings is 1. The van der Waals surface area contributed by atoms with E-state index in [0.717, 1.165) is 17.9 Å². The highest BCUT2D eigenvalue weighted by molar-refractivity contribution is 5.76. The second kappa shape index (κ2) is 9.55. The molecule has 0 saturated heterocycles. The van der Waals surface area contributed by atoms with Crippen LogP contribution in [0.25, 0.3) is 0 Å². The number of nitrogens with zero attached hydrogens (tertiary/aromatic N) is 2. The molecule has 0 aliphatic carbocycles. The molecule has 0 bridgehead atoms. The first kappa shape index (κ1) is 17.8. The van der Waals surface area contributed by atoms with E-state index >= 15 is 0 Å². The van der Waals surface area contributed by atoms with Crippen molar-refractivity contribution >= 4 is 11.6 Å². The zero-order valence-corrected chi connectivity index (χ0v) is 14.4. The van der Waals surface area contributed by atoms with Gasteiger partial charge in [-0.15, -0.1) is 0 Å². The minimum absolute atomic E-state index is 0.130. The minimum Gasteiger partial charge on any atom is -0.492 e. The smallest absolute Gasteiger partial charge is 0.224 e. The topological polar surface area (TPSA) is 54.5 Å². The van der Waals surface area contributed by atoms with Crippen molar-refractivity contribution < 1.29 is 9.53 Å². The molecule has 24 heavy (non-hydrogen) atoms. The van der Waals surface area contributed by atoms with Crippen molar-refractivity contribution in [3.8, 4) is 5.75 Å². The van der Waals surface area contributed by atoms with Crippen molar-refractivity contribution in [3.63, 3.8) is 0 Å². The highest BCUT2D eigenvalue weighted by Crippen LogP contribution is 2.23. The van der Waals surface area contributed by atoms with Gasteiger partial charge in [0, 0.05) is 39.0 Å². The number of carbonyl (C=O) groups excluding carboxylic acids is 1. The number of likely N-dealkylation sites (N-methyl/N-ethyl adjacent to an activating group) is 1. The first-order valence-electron chi connectivity index (χ1n) is 8.29. The number of para-hydroxylation sites is 2. The Hall–Kier alpha value is -2.56. The lowest BCUT2D eigenvalue weighted by Crippen LogP contribution is -2.30. The fraction of sp³-hybridized carbons (Fsp3) is 0.368. The van der Waals surface area contributed by atoms with Crippen molar-refractivity contribution in [1.29, 1.82) is 0 Å². The first-order chi connectivity index (χ1) is 11.7. The molecule has 0 atom stereocenters. The number of hydrogen-bond acceptors (Lipinski definition) is 4. The van der Waals surface area contributed by atoms with Crippen LogP contribution in [0.4, 0.5) is 5.69 Å². The van der Waals surface area contributed by atoms with Crippen LogP contribution in [-0.2, 0) is 11.2 Å². The molecule has 0 spiro atoms. The molecule has 1 aromatic heterocycles. The van der Waals surface area contributed by atoms with Crippen LogP contribution in [0.1, 0.15) is 18.9 Å². The van der Waals surface area contributed by atoms with Crippen molar-refractivity contribution in [3.05, 3.63) is 54.4 Å². The van der Waals surface area contributed by atoms with Crippen molar-refractivity contribution in [1.82, 2.24) is 9.88 Å². The Balaban J connectivity index is 1.74. The lowest BCUT2D eigenvalue weighted by molar-refractivity contribution is -0.129. The molecule has 1 N–H and O–H groups in total. The molecule has 0 aliphatic rings. The van der Waals surface area contributed by atoms with Gasteiger partial charge in [-0.05, 0) is 43.2 Å². The number of rotatable bonds is 9. The minimum atomic E-state index is 0.130. The van der Waals surface area contributed by atoms with Crippen LogP contribution in [0.2, 0.25) is 0 Å². The summed E-state index contributed by atoms with van der Waals surface area (Å²) in [6.45, 7) is 3.87. The summed E-state index contributed by atoms with van der Waals surface area (Å²) in [5.41, 5.74) is 2.11. The van der Waals surface area contributed by atoms with E-state index < -0.39 is 0 Å². The molecule has 1 heterocycles. The highest BCUT2D eigenvalue weighted by atomic mass is 16.5. The number of nitrogens with one attached hydrogen (secondary N) is 1. The summed E-state index contributed by atoms with van der Waals surface area (Å²) in [6.07, 6.45) is 4.84. The molecule has 5 heteroatoms. The van der Waals surface area contributed by atoms with Crippen LogP contribution < -0.4 is 10.1 Å². The number of ether oxygens (including phenoxy) is 1. The molecule has 0 fully saturated rings. The molecule has 0 unspecified atom stereocenters. The Bertz CT molecular complexity index is 632. The Morgan fingerprint density at radius 3 is 2.71 bits per heavy atom. The van der Waals surface area contributed by atoms with Crippen LogP contribution in [-0.4, -0.2) is 42.5 Å². The summed E-state index contributed by atoms with van der Waals surface area (Å²) in [7, 11) is 1.84. The zero-order valence-electron chi connectivity index (χ0n) is 14.4. The Labute approximate surface area is 143 Å². The number of carbonyl (C=O) groups is 1. The maximum absolute atomic E-state index is 12.2. The molecule has 0 aliphatic heterocycles. The van der Waals surface area contributed by atoms with Crippen LogP contribution in [0.5, 0.6) is 5.75 Å². The average molecular weight is 327 g/mol. The summed E-state index contributed by atoms with van der Waals surface area (Å²) < 4.78 is 5.57. The number of hydrogen-bond donors (Lipinski definition) is 1. The zero-order chi connectivity index (χ0) is 17.2. The van der Waals surface area contributed by atoms with E-state index in [2.05, 4.69) is 10.3 Å². The largest absolute Gasteiger partial charge is 0.492 e. The predicted octanol–water partition coefficient (Wildman–Crippen LogP) is 2.98. The lowest BCUT2D eigenvalue weighted by Gasteiger charge is -2.18. The van der Waals surface area contributed by atoms with Gasteiger partial charge in [0.25, 0.3) is 0 Å². The fourth-order valence-corrected chi connectivity index (χ4v) is 2.36. The van der Waals surface area contributed by atoms with Gasteiger partial charge in [0.2, 0.25) is 5.91 Å². The second-order valence-corrected chi connectivity index (χ2v) is 5.53. The first-order valence-corrected chi connectivity index (χ1v) is 8.29. The van der Waals surface area contributed by atoms with E-state index in [1.807, 2.05) is 50.4 Å². The molecular formula is C19H25N3O2. The van der Waals surface area contributed by atoms with Crippen molar-refractivity contribution in [2.45, 2.75) is 19.8 Å². The summed E-state index contributed by atoms with van der Waals surface area (Å²) in [4.78, 5) is 18.0. The molecule has 5 nitrogen and oxygen atoms in total. The van der Waals surface area contributed by atoms with E-state index in [0.29, 0.717) is 26.1 Å². The molecule has 2 aromatic rings. The SMILES string of the molecule is CCOc1ccccc1NCCC(=O)N(C)CCc1ccncc1. The monoisotopic (exact) mass is 327 g/mol. The summed E-state index contributed by atoms with van der Waals surface area (Å²) in [5, 5.41) is 3.28. The Morgan fingerprint density at radius 2 is 1.96 bits per heavy atom. The number of benzene rings is 1. The van der Waals surface area contributed by atoms with Gasteiger partial charge in [-0.3, -0.25) is 9.78 Å². The van der Waals surface area contributed by atoms with E-state index in [-0.39, 0.29) is 5.91 Å². The van der Waals surface area contributed by atoms with E-state index in [4.69, 9.17) is 4.74 Å². The fourth-order valence-electron chi connectivity index (χ4n) is 2.36. The summed E-state index contributed by atoms with van der Waals surface area (Å²) in [5.74, 6) is 0.948. The Kier molecular flexibility index (Phi) is 7.08. The lowest BCUT2D eigenvalue weighted by atomic mass is 10.2. The third-order valence-electron chi connectivity index (χ3n) is 3.75. The predicted molar refractivity (Wildman–Crippen MR) is 96.3 cm³/mol. The molecular weight excluding hydrogens is 302 g/mol.